The number of nitriles is 1. The second kappa shape index (κ2) is 3.49. The fourth-order valence-electron chi connectivity index (χ4n) is 2.19. The van der Waals surface area contributed by atoms with Crippen LogP contribution in [-0.2, 0) is 12.8 Å². The number of rotatable bonds is 1. The summed E-state index contributed by atoms with van der Waals surface area (Å²) >= 11 is 0. The molecule has 3 heteroatoms. The van der Waals surface area contributed by atoms with Gasteiger partial charge in [-0.25, -0.2) is 0 Å². The second-order valence-electron chi connectivity index (χ2n) is 4.03. The lowest BCUT2D eigenvalue weighted by molar-refractivity contribution is 0.430. The molecule has 3 nitrogen and oxygen atoms in total. The Bertz CT molecular complexity index is 578. The van der Waals surface area contributed by atoms with E-state index < -0.39 is 0 Å². The van der Waals surface area contributed by atoms with E-state index in [-0.39, 0.29) is 0 Å². The molecule has 0 bridgehead atoms. The Morgan fingerprint density at radius 1 is 1.19 bits per heavy atom. The van der Waals surface area contributed by atoms with E-state index in [9.17, 15) is 0 Å². The van der Waals surface area contributed by atoms with Gasteiger partial charge in [-0.3, -0.25) is 0 Å². The van der Waals surface area contributed by atoms with Crippen LogP contribution in [0.15, 0.2) is 28.8 Å². The minimum absolute atomic E-state index is 0.329. The Hall–Kier alpha value is -2.08. The largest absolute Gasteiger partial charge is 0.355 e. The fraction of sp³-hybridized carbons (Fsp3) is 0.231. The highest BCUT2D eigenvalue weighted by molar-refractivity contribution is 5.60. The highest BCUT2D eigenvalue weighted by atomic mass is 16.5. The van der Waals surface area contributed by atoms with Gasteiger partial charge in [0.15, 0.2) is 11.5 Å². The number of benzene rings is 1. The molecule has 1 heterocycles. The quantitative estimate of drug-likeness (QED) is 0.727. The highest BCUT2D eigenvalue weighted by Gasteiger charge is 2.13. The first-order valence-corrected chi connectivity index (χ1v) is 5.36. The van der Waals surface area contributed by atoms with Crippen LogP contribution < -0.4 is 0 Å². The molecule has 0 fully saturated rings. The van der Waals surface area contributed by atoms with Gasteiger partial charge in [0.2, 0.25) is 0 Å². The van der Waals surface area contributed by atoms with Gasteiger partial charge in [0.05, 0.1) is 0 Å². The lowest BCUT2D eigenvalue weighted by Crippen LogP contribution is -1.83. The maximum absolute atomic E-state index is 8.68. The third-order valence-corrected chi connectivity index (χ3v) is 3.01. The Balaban J connectivity index is 2.04. The molecule has 0 amide bonds. The van der Waals surface area contributed by atoms with Gasteiger partial charge in [0.1, 0.15) is 6.07 Å². The van der Waals surface area contributed by atoms with Gasteiger partial charge in [-0.2, -0.15) is 5.26 Å². The topological polar surface area (TPSA) is 49.8 Å². The van der Waals surface area contributed by atoms with Crippen molar-refractivity contribution in [2.24, 2.45) is 0 Å². The molecule has 16 heavy (non-hydrogen) atoms. The molecule has 0 radical (unpaired) electrons. The van der Waals surface area contributed by atoms with Crippen LogP contribution in [-0.4, -0.2) is 5.16 Å². The molecule has 1 aliphatic carbocycles. The average molecular weight is 210 g/mol. The summed E-state index contributed by atoms with van der Waals surface area (Å²) in [6.45, 7) is 0. The summed E-state index contributed by atoms with van der Waals surface area (Å²) in [6, 6.07) is 9.96. The number of aromatic nitrogens is 1. The maximum atomic E-state index is 8.68. The predicted octanol–water partition coefficient (Wildman–Crippen LogP) is 2.70. The third kappa shape index (κ3) is 1.40. The zero-order chi connectivity index (χ0) is 11.0. The van der Waals surface area contributed by atoms with Crippen molar-refractivity contribution in [3.05, 3.63) is 41.1 Å². The van der Waals surface area contributed by atoms with Crippen LogP contribution in [0.3, 0.4) is 0 Å². The Labute approximate surface area is 93.3 Å². The van der Waals surface area contributed by atoms with Crippen molar-refractivity contribution >= 4 is 0 Å². The van der Waals surface area contributed by atoms with Gasteiger partial charge < -0.3 is 4.52 Å². The van der Waals surface area contributed by atoms with Gasteiger partial charge in [0.25, 0.3) is 0 Å². The van der Waals surface area contributed by atoms with Crippen LogP contribution in [0, 0.1) is 11.3 Å². The van der Waals surface area contributed by atoms with E-state index >= 15 is 0 Å². The Morgan fingerprint density at radius 2 is 2.06 bits per heavy atom. The molecule has 0 atom stereocenters. The zero-order valence-electron chi connectivity index (χ0n) is 8.73. The molecule has 2 aromatic rings. The molecule has 3 rings (SSSR count). The lowest BCUT2D eigenvalue weighted by Gasteiger charge is -2.00. The molecule has 1 aromatic carbocycles. The van der Waals surface area contributed by atoms with E-state index in [4.69, 9.17) is 9.78 Å². The van der Waals surface area contributed by atoms with Crippen LogP contribution in [0.25, 0.3) is 11.3 Å². The van der Waals surface area contributed by atoms with E-state index in [0.29, 0.717) is 11.5 Å². The normalized spacial score (nSPS) is 13.4. The van der Waals surface area contributed by atoms with Crippen LogP contribution >= 0.6 is 0 Å². The van der Waals surface area contributed by atoms with E-state index in [0.717, 1.165) is 12.0 Å². The summed E-state index contributed by atoms with van der Waals surface area (Å²) in [5, 5.41) is 12.3. The van der Waals surface area contributed by atoms with Crippen molar-refractivity contribution in [1.29, 1.82) is 5.26 Å². The zero-order valence-corrected chi connectivity index (χ0v) is 8.73. The van der Waals surface area contributed by atoms with Gasteiger partial charge in [0, 0.05) is 11.6 Å². The third-order valence-electron chi connectivity index (χ3n) is 3.01. The van der Waals surface area contributed by atoms with Crippen molar-refractivity contribution in [2.75, 3.05) is 0 Å². The van der Waals surface area contributed by atoms with Gasteiger partial charge in [-0.15, -0.1) is 0 Å². The van der Waals surface area contributed by atoms with Crippen LogP contribution in [0.4, 0.5) is 0 Å². The second-order valence-corrected chi connectivity index (χ2v) is 4.03. The summed E-state index contributed by atoms with van der Waals surface area (Å²) in [5.41, 5.74) is 4.17. The van der Waals surface area contributed by atoms with Crippen molar-refractivity contribution < 1.29 is 4.52 Å². The average Bonchev–Trinajstić information content (AvgIpc) is 2.96. The van der Waals surface area contributed by atoms with E-state index in [2.05, 4.69) is 17.3 Å². The van der Waals surface area contributed by atoms with E-state index in [1.54, 1.807) is 6.07 Å². The standard InChI is InChI=1S/C13H10N2O/c14-8-12-7-13(16-15-12)11-5-4-9-2-1-3-10(9)6-11/h4-7H,1-3H2. The number of hydrogen-bond acceptors (Lipinski definition) is 3. The maximum Gasteiger partial charge on any atom is 0.184 e. The SMILES string of the molecule is N#Cc1cc(-c2ccc3c(c2)CCC3)on1. The summed E-state index contributed by atoms with van der Waals surface area (Å²) in [5.74, 6) is 0.672. The summed E-state index contributed by atoms with van der Waals surface area (Å²) in [7, 11) is 0. The van der Waals surface area contributed by atoms with Gasteiger partial charge >= 0.3 is 0 Å². The molecule has 0 saturated carbocycles. The molecule has 0 spiro atoms. The lowest BCUT2D eigenvalue weighted by atomic mass is 10.0. The monoisotopic (exact) mass is 210 g/mol. The van der Waals surface area contributed by atoms with Gasteiger partial charge in [-0.05, 0) is 36.5 Å². The molecule has 1 aromatic heterocycles. The number of fused-ring (bicyclic) bond motifs is 1. The van der Waals surface area contributed by atoms with Crippen molar-refractivity contribution in [3.8, 4) is 17.4 Å². The Kier molecular flexibility index (Phi) is 2.00. The van der Waals surface area contributed by atoms with E-state index in [1.807, 2.05) is 12.1 Å². The van der Waals surface area contributed by atoms with Crippen LogP contribution in [0.2, 0.25) is 0 Å². The smallest absolute Gasteiger partial charge is 0.184 e. The first-order valence-electron chi connectivity index (χ1n) is 5.36. The molecule has 0 unspecified atom stereocenters. The number of hydrogen-bond donors (Lipinski definition) is 0. The molecule has 0 N–H and O–H groups in total. The number of aryl methyl sites for hydroxylation is 2. The molecule has 0 saturated heterocycles. The summed E-state index contributed by atoms with van der Waals surface area (Å²) in [4.78, 5) is 0. The first kappa shape index (κ1) is 9.17. The summed E-state index contributed by atoms with van der Waals surface area (Å²) in [6.07, 6.45) is 3.55. The first-order chi connectivity index (χ1) is 7.86. The van der Waals surface area contributed by atoms with Crippen LogP contribution in [0.1, 0.15) is 23.2 Å². The highest BCUT2D eigenvalue weighted by Crippen LogP contribution is 2.28. The minimum atomic E-state index is 0.329. The van der Waals surface area contributed by atoms with Crippen molar-refractivity contribution in [2.45, 2.75) is 19.3 Å². The van der Waals surface area contributed by atoms with Crippen molar-refractivity contribution in [1.82, 2.24) is 5.16 Å². The number of nitrogens with zero attached hydrogens (tertiary/aromatic N) is 2. The Morgan fingerprint density at radius 3 is 2.88 bits per heavy atom. The van der Waals surface area contributed by atoms with Crippen molar-refractivity contribution in [3.63, 3.8) is 0 Å². The molecule has 78 valence electrons. The summed E-state index contributed by atoms with van der Waals surface area (Å²) < 4.78 is 5.13. The molecular weight excluding hydrogens is 200 g/mol. The van der Waals surface area contributed by atoms with Gasteiger partial charge in [-0.1, -0.05) is 17.3 Å². The predicted molar refractivity (Wildman–Crippen MR) is 58.7 cm³/mol. The van der Waals surface area contributed by atoms with E-state index in [1.165, 1.54) is 24.0 Å². The fourth-order valence-corrected chi connectivity index (χ4v) is 2.19. The molecule has 0 aliphatic heterocycles. The van der Waals surface area contributed by atoms with Crippen LogP contribution in [0.5, 0.6) is 0 Å². The molecule has 1 aliphatic rings. The molecular formula is C13H10N2O. The minimum Gasteiger partial charge on any atom is -0.355 e.